The summed E-state index contributed by atoms with van der Waals surface area (Å²) in [5, 5.41) is 10.4. The van der Waals surface area contributed by atoms with Gasteiger partial charge in [-0.1, -0.05) is 0 Å². The van der Waals surface area contributed by atoms with Gasteiger partial charge in [-0.2, -0.15) is 0 Å². The van der Waals surface area contributed by atoms with E-state index in [2.05, 4.69) is 9.72 Å². The number of ether oxygens (including phenoxy) is 1. The molecule has 0 aliphatic rings. The summed E-state index contributed by atoms with van der Waals surface area (Å²) in [4.78, 5) is 34.3. The second-order valence-electron chi connectivity index (χ2n) is 2.70. The molecule has 0 aliphatic heterocycles. The molecule has 1 heterocycles. The molecule has 0 amide bonds. The zero-order valence-corrected chi connectivity index (χ0v) is 7.85. The number of nitrogens with zero attached hydrogens (tertiary/aromatic N) is 1. The highest BCUT2D eigenvalue weighted by molar-refractivity contribution is 5.72. The van der Waals surface area contributed by atoms with E-state index in [1.807, 2.05) is 0 Å². The van der Waals surface area contributed by atoms with Gasteiger partial charge in [-0.15, -0.1) is 0 Å². The second kappa shape index (κ2) is 4.36. The Kier molecular flexibility index (Phi) is 3.17. The molecule has 1 N–H and O–H groups in total. The average Bonchev–Trinajstić information content (AvgIpc) is 2.20. The van der Waals surface area contributed by atoms with Crippen LogP contribution in [0.3, 0.4) is 0 Å². The van der Waals surface area contributed by atoms with Crippen LogP contribution in [0, 0.1) is 10.1 Å². The second-order valence-corrected chi connectivity index (χ2v) is 2.70. The van der Waals surface area contributed by atoms with Gasteiger partial charge < -0.3 is 9.72 Å². The summed E-state index contributed by atoms with van der Waals surface area (Å²) in [5.74, 6) is -0.624. The lowest BCUT2D eigenvalue weighted by atomic mass is 10.2. The Balaban J connectivity index is 3.11. The van der Waals surface area contributed by atoms with Crippen molar-refractivity contribution < 1.29 is 14.5 Å². The monoisotopic (exact) mass is 212 g/mol. The van der Waals surface area contributed by atoms with Gasteiger partial charge >= 0.3 is 11.7 Å². The van der Waals surface area contributed by atoms with Gasteiger partial charge in [-0.05, 0) is 0 Å². The van der Waals surface area contributed by atoms with Gasteiger partial charge in [-0.3, -0.25) is 19.7 Å². The molecule has 1 rings (SSSR count). The first-order valence-electron chi connectivity index (χ1n) is 3.97. The summed E-state index contributed by atoms with van der Waals surface area (Å²) in [6.45, 7) is 0. The van der Waals surface area contributed by atoms with Gasteiger partial charge in [0, 0.05) is 11.8 Å². The normalized spacial score (nSPS) is 9.67. The smallest absolute Gasteiger partial charge is 0.332 e. The first kappa shape index (κ1) is 10.9. The average molecular weight is 212 g/mol. The van der Waals surface area contributed by atoms with Crippen LogP contribution in [0.1, 0.15) is 5.56 Å². The van der Waals surface area contributed by atoms with Crippen LogP contribution in [0.2, 0.25) is 0 Å². The van der Waals surface area contributed by atoms with Crippen LogP contribution in [-0.4, -0.2) is 23.0 Å². The lowest BCUT2D eigenvalue weighted by Gasteiger charge is -1.98. The molecule has 0 aromatic carbocycles. The molecule has 0 atom stereocenters. The zero-order chi connectivity index (χ0) is 11.4. The van der Waals surface area contributed by atoms with Crippen molar-refractivity contribution >= 4 is 11.7 Å². The maximum absolute atomic E-state index is 11.4. The molecular formula is C8H8N2O5. The molecule has 0 saturated heterocycles. The van der Waals surface area contributed by atoms with E-state index in [9.17, 15) is 19.7 Å². The third-order valence-corrected chi connectivity index (χ3v) is 1.76. The number of rotatable bonds is 3. The molecular weight excluding hydrogens is 204 g/mol. The SMILES string of the molecule is COC(=O)Cc1c[nH]cc([N+](=O)[O-])c1=O. The van der Waals surface area contributed by atoms with Crippen LogP contribution in [0.5, 0.6) is 0 Å². The number of hydrogen-bond acceptors (Lipinski definition) is 5. The van der Waals surface area contributed by atoms with Crippen LogP contribution in [-0.2, 0) is 16.0 Å². The number of nitrogens with one attached hydrogen (secondary N) is 1. The van der Waals surface area contributed by atoms with Crippen LogP contribution in [0.4, 0.5) is 5.69 Å². The van der Waals surface area contributed by atoms with Gasteiger partial charge in [0.1, 0.15) is 0 Å². The van der Waals surface area contributed by atoms with Gasteiger partial charge in [-0.25, -0.2) is 0 Å². The fraction of sp³-hybridized carbons (Fsp3) is 0.250. The first-order chi connectivity index (χ1) is 7.06. The van der Waals surface area contributed by atoms with Crippen molar-refractivity contribution in [1.29, 1.82) is 0 Å². The Hall–Kier alpha value is -2.18. The predicted molar refractivity (Wildman–Crippen MR) is 49.4 cm³/mol. The topological polar surface area (TPSA) is 102 Å². The number of H-pyrrole nitrogens is 1. The minimum Gasteiger partial charge on any atom is -0.469 e. The Morgan fingerprint density at radius 1 is 1.60 bits per heavy atom. The fourth-order valence-electron chi connectivity index (χ4n) is 1.01. The van der Waals surface area contributed by atoms with Crippen molar-refractivity contribution in [2.45, 2.75) is 6.42 Å². The molecule has 1 aromatic heterocycles. The summed E-state index contributed by atoms with van der Waals surface area (Å²) in [6, 6.07) is 0. The lowest BCUT2D eigenvalue weighted by Crippen LogP contribution is -2.17. The number of methoxy groups -OCH3 is 1. The molecule has 15 heavy (non-hydrogen) atoms. The van der Waals surface area contributed by atoms with E-state index >= 15 is 0 Å². The number of nitro groups is 1. The highest BCUT2D eigenvalue weighted by atomic mass is 16.6. The van der Waals surface area contributed by atoms with Crippen LogP contribution < -0.4 is 5.43 Å². The zero-order valence-electron chi connectivity index (χ0n) is 7.85. The number of hydrogen-bond donors (Lipinski definition) is 1. The van der Waals surface area contributed by atoms with E-state index in [1.54, 1.807) is 0 Å². The van der Waals surface area contributed by atoms with E-state index in [0.29, 0.717) is 0 Å². The summed E-state index contributed by atoms with van der Waals surface area (Å²) >= 11 is 0. The molecule has 1 aromatic rings. The van der Waals surface area contributed by atoms with Crippen molar-refractivity contribution in [2.24, 2.45) is 0 Å². The number of aromatic nitrogens is 1. The number of aromatic amines is 1. The maximum atomic E-state index is 11.4. The van der Waals surface area contributed by atoms with Crippen molar-refractivity contribution in [2.75, 3.05) is 7.11 Å². The molecule has 0 bridgehead atoms. The van der Waals surface area contributed by atoms with Crippen molar-refractivity contribution in [3.63, 3.8) is 0 Å². The molecule has 0 saturated carbocycles. The van der Waals surface area contributed by atoms with E-state index in [1.165, 1.54) is 13.3 Å². The van der Waals surface area contributed by atoms with Crippen molar-refractivity contribution in [1.82, 2.24) is 4.98 Å². The molecule has 7 nitrogen and oxygen atoms in total. The lowest BCUT2D eigenvalue weighted by molar-refractivity contribution is -0.386. The minimum atomic E-state index is -0.806. The number of carbonyl (C=O) groups is 1. The number of pyridine rings is 1. The third kappa shape index (κ3) is 2.39. The van der Waals surface area contributed by atoms with Gasteiger partial charge in [0.2, 0.25) is 0 Å². The highest BCUT2D eigenvalue weighted by Gasteiger charge is 2.16. The van der Waals surface area contributed by atoms with Crippen molar-refractivity contribution in [3.8, 4) is 0 Å². The first-order valence-corrected chi connectivity index (χ1v) is 3.97. The maximum Gasteiger partial charge on any atom is 0.332 e. The molecule has 0 unspecified atom stereocenters. The van der Waals surface area contributed by atoms with Gasteiger partial charge in [0.15, 0.2) is 0 Å². The van der Waals surface area contributed by atoms with Crippen molar-refractivity contribution in [3.05, 3.63) is 38.3 Å². The van der Waals surface area contributed by atoms with E-state index in [0.717, 1.165) is 6.20 Å². The fourth-order valence-corrected chi connectivity index (χ4v) is 1.01. The summed E-state index contributed by atoms with van der Waals surface area (Å²) in [6.07, 6.45) is 1.93. The predicted octanol–water partition coefficient (Wildman–Crippen LogP) is -0.00140. The summed E-state index contributed by atoms with van der Waals surface area (Å²) in [7, 11) is 1.17. The Morgan fingerprint density at radius 3 is 2.80 bits per heavy atom. The Morgan fingerprint density at radius 2 is 2.27 bits per heavy atom. The van der Waals surface area contributed by atoms with Gasteiger partial charge in [0.25, 0.3) is 5.43 Å². The highest BCUT2D eigenvalue weighted by Crippen LogP contribution is 2.03. The summed E-state index contributed by atoms with van der Waals surface area (Å²) in [5.41, 5.74) is -1.35. The van der Waals surface area contributed by atoms with Crippen LogP contribution in [0.25, 0.3) is 0 Å². The van der Waals surface area contributed by atoms with E-state index in [4.69, 9.17) is 0 Å². The van der Waals surface area contributed by atoms with Crippen LogP contribution in [0.15, 0.2) is 17.2 Å². The number of carbonyl (C=O) groups excluding carboxylic acids is 1. The molecule has 7 heteroatoms. The van der Waals surface area contributed by atoms with Gasteiger partial charge in [0.05, 0.1) is 24.7 Å². The Labute approximate surface area is 83.8 Å². The van der Waals surface area contributed by atoms with E-state index in [-0.39, 0.29) is 12.0 Å². The van der Waals surface area contributed by atoms with E-state index < -0.39 is 22.0 Å². The Bertz CT molecular complexity index is 451. The van der Waals surface area contributed by atoms with Crippen LogP contribution >= 0.6 is 0 Å². The summed E-state index contributed by atoms with van der Waals surface area (Å²) < 4.78 is 4.35. The molecule has 0 spiro atoms. The molecule has 0 fully saturated rings. The molecule has 0 aliphatic carbocycles. The third-order valence-electron chi connectivity index (χ3n) is 1.76. The number of esters is 1. The molecule has 0 radical (unpaired) electrons. The largest absolute Gasteiger partial charge is 0.469 e. The minimum absolute atomic E-state index is 0.0102. The quantitative estimate of drug-likeness (QED) is 0.431. The molecule has 80 valence electrons. The standard InChI is InChI=1S/C8H8N2O5/c1-15-7(11)2-5-3-9-4-6(8(5)12)10(13)14/h3-4H,2H2,1H3,(H,9,12).